The molecule has 0 spiro atoms. The Morgan fingerprint density at radius 2 is 1.70 bits per heavy atom. The summed E-state index contributed by atoms with van der Waals surface area (Å²) in [6, 6.07) is 6.61. The third-order valence-corrected chi connectivity index (χ3v) is 4.02. The number of urea groups is 1. The van der Waals surface area contributed by atoms with Crippen LogP contribution in [0.5, 0.6) is 0 Å². The van der Waals surface area contributed by atoms with Crippen LogP contribution in [0.15, 0.2) is 36.4 Å². The van der Waals surface area contributed by atoms with Gasteiger partial charge in [-0.2, -0.15) is 0 Å². The smallest absolute Gasteiger partial charge is 0.318 e. The second-order valence-electron chi connectivity index (χ2n) is 5.19. The maximum atomic E-state index is 13.8. The summed E-state index contributed by atoms with van der Waals surface area (Å²) in [6.07, 6.45) is 0. The molecular weight excluding hydrogens is 329 g/mol. The predicted octanol–water partition coefficient (Wildman–Crippen LogP) is 4.20. The van der Waals surface area contributed by atoms with Crippen LogP contribution in [0.1, 0.15) is 5.56 Å². The van der Waals surface area contributed by atoms with E-state index < -0.39 is 23.5 Å². The molecule has 2 amide bonds. The van der Waals surface area contributed by atoms with E-state index in [2.05, 4.69) is 0 Å². The predicted molar refractivity (Wildman–Crippen MR) is 80.9 cm³/mol. The molecule has 1 aliphatic heterocycles. The van der Waals surface area contributed by atoms with E-state index in [1.165, 1.54) is 34.1 Å². The minimum absolute atomic E-state index is 0.0316. The van der Waals surface area contributed by atoms with Crippen molar-refractivity contribution >= 4 is 23.3 Å². The molecule has 1 aliphatic rings. The van der Waals surface area contributed by atoms with Crippen LogP contribution in [0.4, 0.5) is 23.7 Å². The molecule has 3 rings (SSSR count). The van der Waals surface area contributed by atoms with Gasteiger partial charge in [-0.05, 0) is 29.8 Å². The van der Waals surface area contributed by atoms with Crippen LogP contribution >= 0.6 is 11.6 Å². The van der Waals surface area contributed by atoms with E-state index in [-0.39, 0.29) is 23.8 Å². The van der Waals surface area contributed by atoms with E-state index in [1.807, 2.05) is 0 Å². The number of carbonyl (C=O) groups excluding carboxylic acids is 1. The van der Waals surface area contributed by atoms with Gasteiger partial charge in [-0.1, -0.05) is 17.7 Å². The van der Waals surface area contributed by atoms with Crippen molar-refractivity contribution in [2.45, 2.75) is 6.54 Å². The molecule has 0 saturated carbocycles. The summed E-state index contributed by atoms with van der Waals surface area (Å²) in [5.74, 6) is -1.95. The Morgan fingerprint density at radius 3 is 2.39 bits per heavy atom. The highest BCUT2D eigenvalue weighted by Gasteiger charge is 2.31. The number of anilines is 1. The van der Waals surface area contributed by atoms with E-state index in [0.29, 0.717) is 12.1 Å². The van der Waals surface area contributed by atoms with Gasteiger partial charge in [0.2, 0.25) is 0 Å². The molecule has 0 aliphatic carbocycles. The molecule has 0 N–H and O–H groups in total. The first-order valence-corrected chi connectivity index (χ1v) is 7.29. The third kappa shape index (κ3) is 3.12. The summed E-state index contributed by atoms with van der Waals surface area (Å²) in [4.78, 5) is 15.1. The van der Waals surface area contributed by atoms with Crippen LogP contribution < -0.4 is 4.90 Å². The summed E-state index contributed by atoms with van der Waals surface area (Å²) in [7, 11) is 0. The van der Waals surface area contributed by atoms with Gasteiger partial charge in [-0.3, -0.25) is 4.90 Å². The highest BCUT2D eigenvalue weighted by atomic mass is 35.5. The van der Waals surface area contributed by atoms with Crippen LogP contribution in [0.2, 0.25) is 5.02 Å². The number of hydrogen-bond donors (Lipinski definition) is 0. The molecule has 1 saturated heterocycles. The zero-order chi connectivity index (χ0) is 16.6. The van der Waals surface area contributed by atoms with Crippen LogP contribution in [0.3, 0.4) is 0 Å². The Balaban J connectivity index is 1.78. The molecule has 120 valence electrons. The number of benzene rings is 2. The summed E-state index contributed by atoms with van der Waals surface area (Å²) in [5.41, 5.74) is 0.631. The lowest BCUT2D eigenvalue weighted by Crippen LogP contribution is -2.32. The molecule has 2 aromatic rings. The molecule has 1 fully saturated rings. The molecule has 23 heavy (non-hydrogen) atoms. The largest absolute Gasteiger partial charge is 0.325 e. The van der Waals surface area contributed by atoms with E-state index in [9.17, 15) is 18.0 Å². The fourth-order valence-electron chi connectivity index (χ4n) is 2.51. The maximum absolute atomic E-state index is 13.8. The number of rotatable bonds is 3. The van der Waals surface area contributed by atoms with Crippen LogP contribution in [-0.2, 0) is 6.54 Å². The summed E-state index contributed by atoms with van der Waals surface area (Å²) in [5, 5.41) is 0.226. The highest BCUT2D eigenvalue weighted by molar-refractivity contribution is 6.31. The molecule has 0 unspecified atom stereocenters. The molecule has 2 aromatic carbocycles. The highest BCUT2D eigenvalue weighted by Crippen LogP contribution is 2.26. The second kappa shape index (κ2) is 6.12. The number of nitrogens with zero attached hydrogens (tertiary/aromatic N) is 2. The number of carbonyl (C=O) groups is 1. The van der Waals surface area contributed by atoms with E-state index in [1.54, 1.807) is 0 Å². The van der Waals surface area contributed by atoms with Gasteiger partial charge in [0.25, 0.3) is 0 Å². The van der Waals surface area contributed by atoms with Gasteiger partial charge < -0.3 is 4.90 Å². The first-order chi connectivity index (χ1) is 11.0. The number of halogens is 4. The molecule has 0 bridgehead atoms. The summed E-state index contributed by atoms with van der Waals surface area (Å²) in [6.45, 7) is 0.834. The standard InChI is InChI=1S/C16H12ClF3N2O/c17-13-7-11(18)2-1-10(13)9-21-5-6-22(16(21)23)15-4-3-12(19)8-14(15)20/h1-4,7-8H,5-6,9H2. The van der Waals surface area contributed by atoms with Gasteiger partial charge in [0.1, 0.15) is 17.5 Å². The lowest BCUT2D eigenvalue weighted by Gasteiger charge is -2.19. The van der Waals surface area contributed by atoms with Crippen molar-refractivity contribution in [1.29, 1.82) is 0 Å². The third-order valence-electron chi connectivity index (χ3n) is 3.67. The van der Waals surface area contributed by atoms with Crippen molar-refractivity contribution in [3.63, 3.8) is 0 Å². The van der Waals surface area contributed by atoms with Crippen molar-refractivity contribution in [1.82, 2.24) is 4.90 Å². The zero-order valence-corrected chi connectivity index (χ0v) is 12.7. The second-order valence-corrected chi connectivity index (χ2v) is 5.59. The Bertz CT molecular complexity index is 769. The normalized spacial score (nSPS) is 14.7. The van der Waals surface area contributed by atoms with Crippen LogP contribution in [-0.4, -0.2) is 24.0 Å². The van der Waals surface area contributed by atoms with E-state index >= 15 is 0 Å². The molecule has 3 nitrogen and oxygen atoms in total. The van der Waals surface area contributed by atoms with Crippen LogP contribution in [0.25, 0.3) is 0 Å². The van der Waals surface area contributed by atoms with Gasteiger partial charge in [0.15, 0.2) is 0 Å². The molecule has 7 heteroatoms. The average molecular weight is 341 g/mol. The Kier molecular flexibility index (Phi) is 4.17. The van der Waals surface area contributed by atoms with Crippen LogP contribution in [0, 0.1) is 17.5 Å². The average Bonchev–Trinajstić information content (AvgIpc) is 2.83. The van der Waals surface area contributed by atoms with Crippen molar-refractivity contribution in [3.05, 3.63) is 64.4 Å². The van der Waals surface area contributed by atoms with E-state index in [0.717, 1.165) is 12.1 Å². The molecule has 0 aromatic heterocycles. The Hall–Kier alpha value is -2.21. The SMILES string of the molecule is O=C1N(Cc2ccc(F)cc2Cl)CCN1c1ccc(F)cc1F. The van der Waals surface area contributed by atoms with Gasteiger partial charge in [0, 0.05) is 30.7 Å². The monoisotopic (exact) mass is 340 g/mol. The molecular formula is C16H12ClF3N2O. The van der Waals surface area contributed by atoms with Gasteiger partial charge in [-0.15, -0.1) is 0 Å². The lowest BCUT2D eigenvalue weighted by atomic mass is 10.2. The van der Waals surface area contributed by atoms with Crippen molar-refractivity contribution in [2.24, 2.45) is 0 Å². The minimum atomic E-state index is -0.792. The fraction of sp³-hybridized carbons (Fsp3) is 0.188. The lowest BCUT2D eigenvalue weighted by molar-refractivity contribution is 0.218. The molecule has 0 radical (unpaired) electrons. The summed E-state index contributed by atoms with van der Waals surface area (Å²) >= 11 is 5.96. The quantitative estimate of drug-likeness (QED) is 0.821. The Morgan fingerprint density at radius 1 is 1.00 bits per heavy atom. The molecule has 0 atom stereocenters. The number of hydrogen-bond acceptors (Lipinski definition) is 1. The topological polar surface area (TPSA) is 23.6 Å². The Labute approximate surface area is 135 Å². The first kappa shape index (κ1) is 15.7. The van der Waals surface area contributed by atoms with E-state index in [4.69, 9.17) is 11.6 Å². The first-order valence-electron chi connectivity index (χ1n) is 6.91. The fourth-order valence-corrected chi connectivity index (χ4v) is 2.74. The number of amides is 2. The van der Waals surface area contributed by atoms with Crippen molar-refractivity contribution in [3.8, 4) is 0 Å². The van der Waals surface area contributed by atoms with Gasteiger partial charge in [0.05, 0.1) is 5.69 Å². The summed E-state index contributed by atoms with van der Waals surface area (Å²) < 4.78 is 39.8. The minimum Gasteiger partial charge on any atom is -0.318 e. The van der Waals surface area contributed by atoms with Gasteiger partial charge in [-0.25, -0.2) is 18.0 Å². The van der Waals surface area contributed by atoms with Crippen molar-refractivity contribution < 1.29 is 18.0 Å². The molecule has 1 heterocycles. The zero-order valence-electron chi connectivity index (χ0n) is 11.9. The van der Waals surface area contributed by atoms with Crippen molar-refractivity contribution in [2.75, 3.05) is 18.0 Å². The van der Waals surface area contributed by atoms with Gasteiger partial charge >= 0.3 is 6.03 Å². The maximum Gasteiger partial charge on any atom is 0.325 e.